The molecule has 0 saturated carbocycles. The normalized spacial score (nSPS) is 10.5. The van der Waals surface area contributed by atoms with Crippen LogP contribution in [0.1, 0.15) is 16.4 Å². The van der Waals surface area contributed by atoms with Gasteiger partial charge in [-0.15, -0.1) is 11.8 Å². The van der Waals surface area contributed by atoms with Gasteiger partial charge in [0.2, 0.25) is 0 Å². The molecule has 0 heterocycles. The van der Waals surface area contributed by atoms with Gasteiger partial charge in [-0.1, -0.05) is 60.7 Å². The van der Waals surface area contributed by atoms with Gasteiger partial charge < -0.3 is 16.4 Å². The highest BCUT2D eigenvalue weighted by molar-refractivity contribution is 7.99. The lowest BCUT2D eigenvalue weighted by molar-refractivity contribution is -0.139. The molecule has 2 amide bonds. The van der Waals surface area contributed by atoms with Crippen molar-refractivity contribution >= 4 is 23.6 Å². The number of hydrogen-bond donors (Lipinski definition) is 3. The van der Waals surface area contributed by atoms with Crippen molar-refractivity contribution in [2.45, 2.75) is 5.25 Å². The predicted octanol–water partition coefficient (Wildman–Crippen LogP) is 1.70. The molecule has 0 unspecified atom stereocenters. The second-order valence-corrected chi connectivity index (χ2v) is 6.59. The van der Waals surface area contributed by atoms with Gasteiger partial charge in [0.05, 0.1) is 5.25 Å². The van der Waals surface area contributed by atoms with Crippen molar-refractivity contribution in [1.82, 2.24) is 10.6 Å². The van der Waals surface area contributed by atoms with E-state index in [0.717, 1.165) is 0 Å². The standard InChI is InChI=1S/C19H23N3O2S/c20-11-12-21-18(23)19(24)22-13-14-25-17(15-7-3-1-4-8-15)16-9-5-2-6-10-16/h1-10,17H,11-14,20H2,(H,21,23)(H,22,24). The molecule has 4 N–H and O–H groups in total. The summed E-state index contributed by atoms with van der Waals surface area (Å²) in [6.45, 7) is 1.03. The van der Waals surface area contributed by atoms with Crippen LogP contribution in [-0.4, -0.2) is 37.2 Å². The Hall–Kier alpha value is -2.31. The lowest BCUT2D eigenvalue weighted by Gasteiger charge is -2.18. The Balaban J connectivity index is 1.89. The largest absolute Gasteiger partial charge is 0.347 e. The van der Waals surface area contributed by atoms with Crippen LogP contribution >= 0.6 is 11.8 Å². The van der Waals surface area contributed by atoms with Gasteiger partial charge >= 0.3 is 11.8 Å². The average molecular weight is 357 g/mol. The first-order valence-corrected chi connectivity index (χ1v) is 9.25. The number of nitrogens with two attached hydrogens (primary N) is 1. The Kier molecular flexibility index (Phi) is 8.01. The van der Waals surface area contributed by atoms with Crippen molar-refractivity contribution in [1.29, 1.82) is 0 Å². The molecule has 0 aliphatic carbocycles. The number of amides is 2. The molecule has 2 rings (SSSR count). The summed E-state index contributed by atoms with van der Waals surface area (Å²) >= 11 is 1.73. The van der Waals surface area contributed by atoms with Gasteiger partial charge in [0.15, 0.2) is 0 Å². The minimum Gasteiger partial charge on any atom is -0.347 e. The molecule has 25 heavy (non-hydrogen) atoms. The summed E-state index contributed by atoms with van der Waals surface area (Å²) in [5, 5.41) is 5.27. The van der Waals surface area contributed by atoms with Gasteiger partial charge in [0.25, 0.3) is 0 Å². The summed E-state index contributed by atoms with van der Waals surface area (Å²) in [6.07, 6.45) is 0. The maximum Gasteiger partial charge on any atom is 0.309 e. The maximum absolute atomic E-state index is 11.7. The first kappa shape index (κ1) is 19.0. The van der Waals surface area contributed by atoms with Crippen molar-refractivity contribution in [3.8, 4) is 0 Å². The fourth-order valence-electron chi connectivity index (χ4n) is 2.33. The Morgan fingerprint density at radius 1 is 0.840 bits per heavy atom. The van der Waals surface area contributed by atoms with Crippen LogP contribution < -0.4 is 16.4 Å². The first-order valence-electron chi connectivity index (χ1n) is 8.20. The molecular formula is C19H23N3O2S. The smallest absolute Gasteiger partial charge is 0.309 e. The van der Waals surface area contributed by atoms with Crippen LogP contribution in [0.25, 0.3) is 0 Å². The second-order valence-electron chi connectivity index (χ2n) is 5.37. The van der Waals surface area contributed by atoms with Crippen LogP contribution in [0.2, 0.25) is 0 Å². The third kappa shape index (κ3) is 6.25. The summed E-state index contributed by atoms with van der Waals surface area (Å²) in [5.41, 5.74) is 7.72. The number of nitrogens with one attached hydrogen (secondary N) is 2. The summed E-state index contributed by atoms with van der Waals surface area (Å²) in [6, 6.07) is 20.5. The van der Waals surface area contributed by atoms with Gasteiger partial charge in [-0.25, -0.2) is 0 Å². The third-order valence-electron chi connectivity index (χ3n) is 3.51. The van der Waals surface area contributed by atoms with Crippen LogP contribution in [-0.2, 0) is 9.59 Å². The molecule has 2 aromatic rings. The van der Waals surface area contributed by atoms with E-state index in [0.29, 0.717) is 25.4 Å². The zero-order valence-electron chi connectivity index (χ0n) is 14.0. The molecule has 0 aliphatic heterocycles. The van der Waals surface area contributed by atoms with Crippen LogP contribution in [0.15, 0.2) is 60.7 Å². The number of carbonyl (C=O) groups excluding carboxylic acids is 2. The zero-order chi connectivity index (χ0) is 17.9. The van der Waals surface area contributed by atoms with Crippen LogP contribution in [0, 0.1) is 0 Å². The molecule has 0 fully saturated rings. The highest BCUT2D eigenvalue weighted by Gasteiger charge is 2.15. The minimum absolute atomic E-state index is 0.186. The van der Waals surface area contributed by atoms with Gasteiger partial charge in [-0.2, -0.15) is 0 Å². The molecule has 0 aromatic heterocycles. The van der Waals surface area contributed by atoms with E-state index >= 15 is 0 Å². The quantitative estimate of drug-likeness (QED) is 0.496. The first-order chi connectivity index (χ1) is 12.2. The Morgan fingerprint density at radius 2 is 1.32 bits per heavy atom. The second kappa shape index (κ2) is 10.5. The fraction of sp³-hybridized carbons (Fsp3) is 0.263. The number of carbonyl (C=O) groups is 2. The molecular weight excluding hydrogens is 334 g/mol. The number of benzene rings is 2. The topological polar surface area (TPSA) is 84.2 Å². The predicted molar refractivity (Wildman–Crippen MR) is 102 cm³/mol. The van der Waals surface area contributed by atoms with Crippen molar-refractivity contribution in [3.63, 3.8) is 0 Å². The van der Waals surface area contributed by atoms with Crippen LogP contribution in [0.4, 0.5) is 0 Å². The Bertz CT molecular complexity index is 625. The van der Waals surface area contributed by atoms with Gasteiger partial charge in [0, 0.05) is 25.4 Å². The number of hydrogen-bond acceptors (Lipinski definition) is 4. The lowest BCUT2D eigenvalue weighted by atomic mass is 10.0. The Labute approximate surface area is 152 Å². The summed E-state index contributed by atoms with van der Waals surface area (Å²) in [7, 11) is 0. The molecule has 0 saturated heterocycles. The highest BCUT2D eigenvalue weighted by atomic mass is 32.2. The molecule has 2 aromatic carbocycles. The molecule has 0 bridgehead atoms. The van der Waals surface area contributed by atoms with E-state index in [-0.39, 0.29) is 5.25 Å². The van der Waals surface area contributed by atoms with Crippen molar-refractivity contribution < 1.29 is 9.59 Å². The van der Waals surface area contributed by atoms with E-state index in [1.165, 1.54) is 11.1 Å². The zero-order valence-corrected chi connectivity index (χ0v) is 14.8. The SMILES string of the molecule is NCCNC(=O)C(=O)NCCSC(c1ccccc1)c1ccccc1. The van der Waals surface area contributed by atoms with Gasteiger partial charge in [-0.3, -0.25) is 9.59 Å². The fourth-order valence-corrected chi connectivity index (χ4v) is 3.48. The van der Waals surface area contributed by atoms with Crippen LogP contribution in [0.3, 0.4) is 0 Å². The van der Waals surface area contributed by atoms with E-state index < -0.39 is 11.8 Å². The van der Waals surface area contributed by atoms with Crippen molar-refractivity contribution in [2.24, 2.45) is 5.73 Å². The lowest BCUT2D eigenvalue weighted by Crippen LogP contribution is -2.42. The molecule has 0 spiro atoms. The molecule has 5 nitrogen and oxygen atoms in total. The van der Waals surface area contributed by atoms with Crippen molar-refractivity contribution in [3.05, 3.63) is 71.8 Å². The summed E-state index contributed by atoms with van der Waals surface area (Å²) in [4.78, 5) is 23.1. The van der Waals surface area contributed by atoms with E-state index in [1.54, 1.807) is 11.8 Å². The van der Waals surface area contributed by atoms with Gasteiger partial charge in [-0.05, 0) is 11.1 Å². The minimum atomic E-state index is -0.641. The Morgan fingerprint density at radius 3 is 1.80 bits per heavy atom. The van der Waals surface area contributed by atoms with E-state index in [2.05, 4.69) is 34.9 Å². The number of thioether (sulfide) groups is 1. The highest BCUT2D eigenvalue weighted by Crippen LogP contribution is 2.34. The monoisotopic (exact) mass is 357 g/mol. The molecule has 0 atom stereocenters. The van der Waals surface area contributed by atoms with E-state index in [4.69, 9.17) is 5.73 Å². The summed E-state index contributed by atoms with van der Waals surface area (Å²) in [5.74, 6) is -0.562. The molecule has 0 aliphatic rings. The molecule has 132 valence electrons. The van der Waals surface area contributed by atoms with Crippen molar-refractivity contribution in [2.75, 3.05) is 25.4 Å². The molecule has 0 radical (unpaired) electrons. The summed E-state index contributed by atoms with van der Waals surface area (Å²) < 4.78 is 0. The van der Waals surface area contributed by atoms with Crippen LogP contribution in [0.5, 0.6) is 0 Å². The molecule has 6 heteroatoms. The van der Waals surface area contributed by atoms with E-state index in [1.807, 2.05) is 36.4 Å². The number of rotatable bonds is 8. The average Bonchev–Trinajstić information content (AvgIpc) is 2.67. The third-order valence-corrected chi connectivity index (χ3v) is 4.83. The van der Waals surface area contributed by atoms with Gasteiger partial charge in [0.1, 0.15) is 0 Å². The maximum atomic E-state index is 11.7. The van der Waals surface area contributed by atoms with E-state index in [9.17, 15) is 9.59 Å².